The van der Waals surface area contributed by atoms with E-state index in [4.69, 9.17) is 0 Å². The molecule has 0 saturated carbocycles. The summed E-state index contributed by atoms with van der Waals surface area (Å²) in [4.78, 5) is 15.8. The van der Waals surface area contributed by atoms with Crippen LogP contribution in [0, 0.1) is 6.92 Å². The number of phenols is 1. The van der Waals surface area contributed by atoms with E-state index >= 15 is 0 Å². The van der Waals surface area contributed by atoms with Crippen LogP contribution in [0.15, 0.2) is 42.7 Å². The first-order chi connectivity index (χ1) is 8.18. The molecule has 1 aromatic heterocycles. The van der Waals surface area contributed by atoms with Crippen molar-refractivity contribution in [1.82, 2.24) is 4.98 Å². The maximum absolute atomic E-state index is 11.9. The van der Waals surface area contributed by atoms with E-state index < -0.39 is 0 Å². The second-order valence-electron chi connectivity index (χ2n) is 3.65. The average molecular weight is 228 g/mol. The minimum Gasteiger partial charge on any atom is -0.508 e. The molecular weight excluding hydrogens is 216 g/mol. The van der Waals surface area contributed by atoms with Gasteiger partial charge in [0.05, 0.1) is 11.9 Å². The second-order valence-corrected chi connectivity index (χ2v) is 3.65. The number of phenolic OH excluding ortho intramolecular Hbond substituents is 1. The van der Waals surface area contributed by atoms with Crippen LogP contribution in [0.5, 0.6) is 5.75 Å². The highest BCUT2D eigenvalue weighted by Crippen LogP contribution is 2.20. The zero-order valence-corrected chi connectivity index (χ0v) is 9.34. The van der Waals surface area contributed by atoms with Gasteiger partial charge in [-0.2, -0.15) is 0 Å². The summed E-state index contributed by atoms with van der Waals surface area (Å²) in [5.74, 6) is -0.143. The molecule has 0 bridgehead atoms. The lowest BCUT2D eigenvalue weighted by Gasteiger charge is -2.08. The number of rotatable bonds is 2. The van der Waals surface area contributed by atoms with Crippen molar-refractivity contribution < 1.29 is 9.90 Å². The second kappa shape index (κ2) is 4.65. The van der Waals surface area contributed by atoms with Crippen molar-refractivity contribution in [2.24, 2.45) is 0 Å². The highest BCUT2D eigenvalue weighted by atomic mass is 16.3. The lowest BCUT2D eigenvalue weighted by Crippen LogP contribution is -2.13. The molecule has 0 spiro atoms. The molecule has 1 aromatic carbocycles. The molecule has 2 N–H and O–H groups in total. The van der Waals surface area contributed by atoms with E-state index in [-0.39, 0.29) is 11.7 Å². The topological polar surface area (TPSA) is 62.2 Å². The number of nitrogens with one attached hydrogen (secondary N) is 1. The molecule has 86 valence electrons. The summed E-state index contributed by atoms with van der Waals surface area (Å²) in [7, 11) is 0. The van der Waals surface area contributed by atoms with Gasteiger partial charge in [0.15, 0.2) is 0 Å². The van der Waals surface area contributed by atoms with Crippen molar-refractivity contribution >= 4 is 11.6 Å². The highest BCUT2D eigenvalue weighted by molar-refractivity contribution is 6.05. The predicted molar refractivity (Wildman–Crippen MR) is 65.0 cm³/mol. The molecule has 1 heterocycles. The fourth-order valence-electron chi connectivity index (χ4n) is 1.50. The number of hydrogen-bond acceptors (Lipinski definition) is 3. The van der Waals surface area contributed by atoms with Crippen LogP contribution in [0.25, 0.3) is 0 Å². The van der Waals surface area contributed by atoms with E-state index in [9.17, 15) is 9.90 Å². The van der Waals surface area contributed by atoms with Crippen molar-refractivity contribution in [3.8, 4) is 5.75 Å². The van der Waals surface area contributed by atoms with Crippen LogP contribution in [-0.2, 0) is 0 Å². The summed E-state index contributed by atoms with van der Waals surface area (Å²) in [5.41, 5.74) is 1.64. The third kappa shape index (κ3) is 2.42. The number of aromatic hydroxyl groups is 1. The zero-order chi connectivity index (χ0) is 12.3. The number of carbonyl (C=O) groups excluding carboxylic acids is 1. The van der Waals surface area contributed by atoms with Gasteiger partial charge >= 0.3 is 0 Å². The molecule has 0 aliphatic heterocycles. The Balaban J connectivity index is 2.24. The first-order valence-corrected chi connectivity index (χ1v) is 5.18. The molecular formula is C13H12N2O2. The molecule has 1 amide bonds. The molecule has 0 unspecified atom stereocenters. The number of carbonyl (C=O) groups is 1. The SMILES string of the molecule is Cc1c(O)cccc1C(=O)Nc1cccnc1. The van der Waals surface area contributed by atoms with Crippen molar-refractivity contribution in [3.63, 3.8) is 0 Å². The number of nitrogens with zero attached hydrogens (tertiary/aromatic N) is 1. The van der Waals surface area contributed by atoms with Gasteiger partial charge in [0.25, 0.3) is 5.91 Å². The van der Waals surface area contributed by atoms with Gasteiger partial charge in [0.2, 0.25) is 0 Å². The van der Waals surface area contributed by atoms with Gasteiger partial charge in [0, 0.05) is 17.3 Å². The molecule has 4 nitrogen and oxygen atoms in total. The van der Waals surface area contributed by atoms with Crippen LogP contribution in [-0.4, -0.2) is 16.0 Å². The van der Waals surface area contributed by atoms with Crippen LogP contribution in [0.4, 0.5) is 5.69 Å². The fraction of sp³-hybridized carbons (Fsp3) is 0.0769. The van der Waals surface area contributed by atoms with Crippen LogP contribution < -0.4 is 5.32 Å². The van der Waals surface area contributed by atoms with Gasteiger partial charge < -0.3 is 10.4 Å². The van der Waals surface area contributed by atoms with Crippen molar-refractivity contribution in [1.29, 1.82) is 0 Å². The Morgan fingerprint density at radius 2 is 2.12 bits per heavy atom. The first kappa shape index (κ1) is 11.1. The lowest BCUT2D eigenvalue weighted by atomic mass is 10.1. The maximum atomic E-state index is 11.9. The minimum absolute atomic E-state index is 0.115. The van der Waals surface area contributed by atoms with Gasteiger partial charge in [-0.1, -0.05) is 6.07 Å². The molecule has 0 saturated heterocycles. The normalized spacial score (nSPS) is 9.94. The Bertz CT molecular complexity index is 538. The number of aromatic nitrogens is 1. The van der Waals surface area contributed by atoms with E-state index in [1.54, 1.807) is 49.6 Å². The van der Waals surface area contributed by atoms with E-state index in [1.807, 2.05) is 0 Å². The summed E-state index contributed by atoms with van der Waals surface area (Å²) in [6.07, 6.45) is 3.20. The number of benzene rings is 1. The lowest BCUT2D eigenvalue weighted by molar-refractivity contribution is 0.102. The minimum atomic E-state index is -0.258. The van der Waals surface area contributed by atoms with E-state index in [0.717, 1.165) is 0 Å². The molecule has 4 heteroatoms. The van der Waals surface area contributed by atoms with Gasteiger partial charge in [-0.3, -0.25) is 9.78 Å². The van der Waals surface area contributed by atoms with E-state index in [2.05, 4.69) is 10.3 Å². The van der Waals surface area contributed by atoms with Crippen molar-refractivity contribution in [2.75, 3.05) is 5.32 Å². The average Bonchev–Trinajstić information content (AvgIpc) is 2.34. The number of anilines is 1. The van der Waals surface area contributed by atoms with Crippen LogP contribution >= 0.6 is 0 Å². The molecule has 2 rings (SSSR count). The number of amides is 1. The van der Waals surface area contributed by atoms with Crippen LogP contribution in [0.3, 0.4) is 0 Å². The quantitative estimate of drug-likeness (QED) is 0.829. The number of pyridine rings is 1. The van der Waals surface area contributed by atoms with Gasteiger partial charge in [0.1, 0.15) is 5.75 Å². The van der Waals surface area contributed by atoms with Crippen molar-refractivity contribution in [3.05, 3.63) is 53.9 Å². The molecule has 2 aromatic rings. The van der Waals surface area contributed by atoms with Crippen LogP contribution in [0.1, 0.15) is 15.9 Å². The molecule has 0 fully saturated rings. The third-order valence-electron chi connectivity index (χ3n) is 2.47. The molecule has 17 heavy (non-hydrogen) atoms. The van der Waals surface area contributed by atoms with Gasteiger partial charge in [-0.05, 0) is 31.2 Å². The Labute approximate surface area is 98.9 Å². The Kier molecular flexibility index (Phi) is 3.05. The Morgan fingerprint density at radius 3 is 2.82 bits per heavy atom. The summed E-state index contributed by atoms with van der Waals surface area (Å²) < 4.78 is 0. The number of hydrogen-bond donors (Lipinski definition) is 2. The molecule has 0 atom stereocenters. The predicted octanol–water partition coefficient (Wildman–Crippen LogP) is 2.35. The molecule has 0 aliphatic carbocycles. The molecule has 0 aliphatic rings. The van der Waals surface area contributed by atoms with E-state index in [1.165, 1.54) is 0 Å². The standard InChI is InChI=1S/C13H12N2O2/c1-9-11(5-2-6-12(9)16)13(17)15-10-4-3-7-14-8-10/h2-8,16H,1H3,(H,15,17). The summed E-state index contributed by atoms with van der Waals surface area (Å²) in [5, 5.41) is 12.2. The first-order valence-electron chi connectivity index (χ1n) is 5.18. The monoisotopic (exact) mass is 228 g/mol. The highest BCUT2D eigenvalue weighted by Gasteiger charge is 2.11. The van der Waals surface area contributed by atoms with Crippen molar-refractivity contribution in [2.45, 2.75) is 6.92 Å². The summed E-state index contributed by atoms with van der Waals surface area (Å²) >= 11 is 0. The Hall–Kier alpha value is -2.36. The Morgan fingerprint density at radius 1 is 1.29 bits per heavy atom. The maximum Gasteiger partial charge on any atom is 0.256 e. The fourth-order valence-corrected chi connectivity index (χ4v) is 1.50. The summed E-state index contributed by atoms with van der Waals surface area (Å²) in [6.45, 7) is 1.70. The van der Waals surface area contributed by atoms with Gasteiger partial charge in [-0.15, -0.1) is 0 Å². The largest absolute Gasteiger partial charge is 0.508 e. The summed E-state index contributed by atoms with van der Waals surface area (Å²) in [6, 6.07) is 8.35. The van der Waals surface area contributed by atoms with E-state index in [0.29, 0.717) is 16.8 Å². The van der Waals surface area contributed by atoms with Crippen LogP contribution in [0.2, 0.25) is 0 Å². The third-order valence-corrected chi connectivity index (χ3v) is 2.47. The smallest absolute Gasteiger partial charge is 0.256 e. The molecule has 0 radical (unpaired) electrons. The zero-order valence-electron chi connectivity index (χ0n) is 9.34. The van der Waals surface area contributed by atoms with Gasteiger partial charge in [-0.25, -0.2) is 0 Å².